The van der Waals surface area contributed by atoms with Gasteiger partial charge in [-0.2, -0.15) is 0 Å². The van der Waals surface area contributed by atoms with E-state index < -0.39 is 37.2 Å². The molecule has 1 rings (SSSR count). The molecule has 25 heavy (non-hydrogen) atoms. The number of hydrogen-bond donors (Lipinski definition) is 4. The Bertz CT molecular complexity index is 427. The Balaban J connectivity index is 2.48. The minimum atomic E-state index is -1.88. The second kappa shape index (κ2) is 10.1. The van der Waals surface area contributed by atoms with Gasteiger partial charge in [0.25, 0.3) is 0 Å². The molecule has 3 unspecified atom stereocenters. The standard InChI is InChI=1S/C17H30O8/c1-9(2)11-5-4-10(3)6-14(11)25-17(23)24-8-13(20)16(22)15(21)12(19)7-18/h7,9-16,19-22H,4-6,8H2,1-3H3/t10?,11?,12-,13+,14?,15+,16+/m0/s1. The highest BCUT2D eigenvalue weighted by Crippen LogP contribution is 2.35. The van der Waals surface area contributed by atoms with Crippen molar-refractivity contribution in [3.05, 3.63) is 0 Å². The minimum absolute atomic E-state index is 0.0338. The monoisotopic (exact) mass is 362 g/mol. The van der Waals surface area contributed by atoms with Crippen molar-refractivity contribution in [2.75, 3.05) is 6.61 Å². The normalized spacial score (nSPS) is 28.7. The van der Waals surface area contributed by atoms with Gasteiger partial charge in [0.05, 0.1) is 0 Å². The van der Waals surface area contributed by atoms with Gasteiger partial charge < -0.3 is 34.7 Å². The van der Waals surface area contributed by atoms with Gasteiger partial charge in [-0.05, 0) is 30.6 Å². The lowest BCUT2D eigenvalue weighted by atomic mass is 9.75. The second-order valence-corrected chi connectivity index (χ2v) is 7.22. The summed E-state index contributed by atoms with van der Waals surface area (Å²) in [7, 11) is 0. The van der Waals surface area contributed by atoms with Crippen LogP contribution < -0.4 is 0 Å². The number of ether oxygens (including phenoxy) is 2. The van der Waals surface area contributed by atoms with Crippen LogP contribution in [0.15, 0.2) is 0 Å². The smallest absolute Gasteiger partial charge is 0.431 e. The van der Waals surface area contributed by atoms with Crippen LogP contribution in [0.4, 0.5) is 4.79 Å². The zero-order valence-corrected chi connectivity index (χ0v) is 14.9. The summed E-state index contributed by atoms with van der Waals surface area (Å²) in [6.07, 6.45) is -5.62. The summed E-state index contributed by atoms with van der Waals surface area (Å²) in [6, 6.07) is 0. The summed E-state index contributed by atoms with van der Waals surface area (Å²) in [5.74, 6) is 1.04. The van der Waals surface area contributed by atoms with Gasteiger partial charge in [0.1, 0.15) is 37.1 Å². The van der Waals surface area contributed by atoms with Gasteiger partial charge in [-0.1, -0.05) is 27.2 Å². The van der Waals surface area contributed by atoms with E-state index in [0.717, 1.165) is 19.3 Å². The van der Waals surface area contributed by atoms with E-state index >= 15 is 0 Å². The Labute approximate surface area is 147 Å². The highest BCUT2D eigenvalue weighted by Gasteiger charge is 2.35. The van der Waals surface area contributed by atoms with Crippen LogP contribution in [-0.4, -0.2) is 70.0 Å². The van der Waals surface area contributed by atoms with E-state index in [1.54, 1.807) is 0 Å². The summed E-state index contributed by atoms with van der Waals surface area (Å²) in [5, 5.41) is 37.9. The SMILES string of the molecule is CC1CCC(C(C)C)C(OC(=O)OC[C@@H](O)[C@@H](O)[C@H](O)[C@@H](O)C=O)C1. The molecule has 4 N–H and O–H groups in total. The first kappa shape index (κ1) is 21.8. The molecule has 0 aromatic rings. The molecule has 0 aliphatic heterocycles. The second-order valence-electron chi connectivity index (χ2n) is 7.22. The number of aliphatic hydroxyl groups is 4. The van der Waals surface area contributed by atoms with Crippen LogP contribution in [-0.2, 0) is 14.3 Å². The Morgan fingerprint density at radius 3 is 2.36 bits per heavy atom. The maximum atomic E-state index is 11.9. The predicted molar refractivity (Wildman–Crippen MR) is 87.7 cm³/mol. The summed E-state index contributed by atoms with van der Waals surface area (Å²) in [5.41, 5.74) is 0. The Hall–Kier alpha value is -1.22. The quantitative estimate of drug-likeness (QED) is 0.356. The molecule has 1 aliphatic carbocycles. The van der Waals surface area contributed by atoms with Crippen molar-refractivity contribution >= 4 is 12.4 Å². The Kier molecular flexibility index (Phi) is 8.78. The molecule has 1 aliphatic rings. The first-order valence-corrected chi connectivity index (χ1v) is 8.68. The number of carbonyl (C=O) groups is 2. The van der Waals surface area contributed by atoms with Crippen LogP contribution >= 0.6 is 0 Å². The third-order valence-electron chi connectivity index (χ3n) is 4.81. The third kappa shape index (κ3) is 6.54. The molecule has 0 saturated heterocycles. The van der Waals surface area contributed by atoms with Crippen molar-refractivity contribution < 1.29 is 39.5 Å². The molecular formula is C17H30O8. The van der Waals surface area contributed by atoms with E-state index in [1.165, 1.54) is 0 Å². The minimum Gasteiger partial charge on any atom is -0.431 e. The zero-order valence-electron chi connectivity index (χ0n) is 14.9. The molecule has 0 heterocycles. The molecule has 1 fully saturated rings. The number of aldehydes is 1. The van der Waals surface area contributed by atoms with Crippen molar-refractivity contribution in [1.29, 1.82) is 0 Å². The molecule has 0 bridgehead atoms. The molecular weight excluding hydrogens is 332 g/mol. The molecule has 0 aromatic heterocycles. The van der Waals surface area contributed by atoms with Crippen LogP contribution in [0.2, 0.25) is 0 Å². The number of hydrogen-bond acceptors (Lipinski definition) is 8. The van der Waals surface area contributed by atoms with Crippen molar-refractivity contribution in [2.45, 2.75) is 70.6 Å². The van der Waals surface area contributed by atoms with Gasteiger partial charge >= 0.3 is 6.16 Å². The van der Waals surface area contributed by atoms with Gasteiger partial charge in [-0.25, -0.2) is 4.79 Å². The fourth-order valence-corrected chi connectivity index (χ4v) is 3.17. The van der Waals surface area contributed by atoms with Crippen molar-refractivity contribution in [2.24, 2.45) is 17.8 Å². The number of aliphatic hydroxyl groups excluding tert-OH is 4. The first-order valence-electron chi connectivity index (χ1n) is 8.68. The van der Waals surface area contributed by atoms with Crippen molar-refractivity contribution in [1.82, 2.24) is 0 Å². The average molecular weight is 362 g/mol. The molecule has 0 spiro atoms. The summed E-state index contributed by atoms with van der Waals surface area (Å²) >= 11 is 0. The molecule has 8 heteroatoms. The van der Waals surface area contributed by atoms with Crippen LogP contribution in [0.1, 0.15) is 40.0 Å². The highest BCUT2D eigenvalue weighted by atomic mass is 16.7. The molecule has 8 nitrogen and oxygen atoms in total. The van der Waals surface area contributed by atoms with Crippen LogP contribution in [0.3, 0.4) is 0 Å². The molecule has 0 aromatic carbocycles. The van der Waals surface area contributed by atoms with Gasteiger partial charge in [0.15, 0.2) is 6.29 Å². The lowest BCUT2D eigenvalue weighted by Gasteiger charge is -2.36. The molecule has 0 amide bonds. The Morgan fingerprint density at radius 2 is 1.80 bits per heavy atom. The zero-order chi connectivity index (χ0) is 19.1. The number of carbonyl (C=O) groups excluding carboxylic acids is 2. The molecule has 146 valence electrons. The molecule has 7 atom stereocenters. The van der Waals surface area contributed by atoms with Crippen LogP contribution in [0, 0.1) is 17.8 Å². The summed E-state index contributed by atoms with van der Waals surface area (Å²) in [6.45, 7) is 5.61. The highest BCUT2D eigenvalue weighted by molar-refractivity contribution is 5.60. The number of rotatable bonds is 8. The third-order valence-corrected chi connectivity index (χ3v) is 4.81. The summed E-state index contributed by atoms with van der Waals surface area (Å²) in [4.78, 5) is 22.2. The van der Waals surface area contributed by atoms with E-state index in [9.17, 15) is 24.9 Å². The summed E-state index contributed by atoms with van der Waals surface area (Å²) < 4.78 is 10.2. The molecule has 0 radical (unpaired) electrons. The van der Waals surface area contributed by atoms with Crippen molar-refractivity contribution in [3.8, 4) is 0 Å². The van der Waals surface area contributed by atoms with E-state index in [1.807, 2.05) is 0 Å². The fourth-order valence-electron chi connectivity index (χ4n) is 3.17. The first-order chi connectivity index (χ1) is 11.7. The topological polar surface area (TPSA) is 134 Å². The Morgan fingerprint density at radius 1 is 1.16 bits per heavy atom. The van der Waals surface area contributed by atoms with Gasteiger partial charge in [-0.15, -0.1) is 0 Å². The maximum absolute atomic E-state index is 11.9. The van der Waals surface area contributed by atoms with Gasteiger partial charge in [0, 0.05) is 0 Å². The fraction of sp³-hybridized carbons (Fsp3) is 0.882. The van der Waals surface area contributed by atoms with Crippen LogP contribution in [0.5, 0.6) is 0 Å². The predicted octanol–water partition coefficient (Wildman–Crippen LogP) is 0.243. The largest absolute Gasteiger partial charge is 0.508 e. The average Bonchev–Trinajstić information content (AvgIpc) is 2.57. The lowest BCUT2D eigenvalue weighted by molar-refractivity contribution is -0.138. The maximum Gasteiger partial charge on any atom is 0.508 e. The van der Waals surface area contributed by atoms with E-state index in [4.69, 9.17) is 14.6 Å². The van der Waals surface area contributed by atoms with Gasteiger partial charge in [-0.3, -0.25) is 0 Å². The van der Waals surface area contributed by atoms with E-state index in [2.05, 4.69) is 20.8 Å². The van der Waals surface area contributed by atoms with Crippen molar-refractivity contribution in [3.63, 3.8) is 0 Å². The lowest BCUT2D eigenvalue weighted by Crippen LogP contribution is -2.47. The van der Waals surface area contributed by atoms with E-state index in [-0.39, 0.29) is 18.3 Å². The van der Waals surface area contributed by atoms with Crippen LogP contribution in [0.25, 0.3) is 0 Å². The molecule has 1 saturated carbocycles. The van der Waals surface area contributed by atoms with Gasteiger partial charge in [0.2, 0.25) is 0 Å². The van der Waals surface area contributed by atoms with E-state index in [0.29, 0.717) is 11.8 Å².